The molecule has 16 heavy (non-hydrogen) atoms. The van der Waals surface area contributed by atoms with Gasteiger partial charge in [-0.25, -0.2) is 0 Å². The zero-order chi connectivity index (χ0) is 11.7. The Morgan fingerprint density at radius 2 is 2.06 bits per heavy atom. The van der Waals surface area contributed by atoms with Crippen molar-refractivity contribution in [1.29, 1.82) is 0 Å². The number of nitrogens with one attached hydrogen (secondary N) is 1. The highest BCUT2D eigenvalue weighted by molar-refractivity contribution is 6.03. The molecule has 84 valence electrons. The summed E-state index contributed by atoms with van der Waals surface area (Å²) in [6, 6.07) is 3.27. The number of anilines is 1. The monoisotopic (exact) mass is 221 g/mol. The molecule has 2 rings (SSSR count). The van der Waals surface area contributed by atoms with Gasteiger partial charge in [0.05, 0.1) is 5.69 Å². The fraction of sp³-hybridized carbons (Fsp3) is 0.273. The topological polar surface area (TPSA) is 64.6 Å². The molecule has 0 radical (unpaired) electrons. The first-order valence-electron chi connectivity index (χ1n) is 4.83. The number of benzene rings is 1. The van der Waals surface area contributed by atoms with E-state index in [9.17, 15) is 9.59 Å². The average molecular weight is 221 g/mol. The van der Waals surface area contributed by atoms with Crippen molar-refractivity contribution in [2.75, 3.05) is 5.32 Å². The molecule has 0 atom stereocenters. The Morgan fingerprint density at radius 1 is 1.31 bits per heavy atom. The van der Waals surface area contributed by atoms with Crippen molar-refractivity contribution in [2.24, 2.45) is 0 Å². The van der Waals surface area contributed by atoms with Crippen molar-refractivity contribution in [1.82, 2.24) is 0 Å². The molecule has 0 saturated heterocycles. The van der Waals surface area contributed by atoms with Crippen LogP contribution in [0.1, 0.15) is 29.8 Å². The molecule has 0 saturated carbocycles. The standard InChI is InChI=1S/C11H11NO4/c1-6(13)9-4-11-8(5-15-16-11)3-10(9)12-7(2)14/h3-4H,5H2,1-2H3,(H,12,14). The van der Waals surface area contributed by atoms with E-state index in [4.69, 9.17) is 9.78 Å². The average Bonchev–Trinajstić information content (AvgIpc) is 2.62. The number of carbonyl (C=O) groups excluding carboxylic acids is 2. The Balaban J connectivity index is 2.48. The van der Waals surface area contributed by atoms with Crippen molar-refractivity contribution >= 4 is 17.4 Å². The third-order valence-corrected chi connectivity index (χ3v) is 2.25. The number of hydrogen-bond donors (Lipinski definition) is 1. The van der Waals surface area contributed by atoms with E-state index in [1.807, 2.05) is 0 Å². The maximum Gasteiger partial charge on any atom is 0.221 e. The lowest BCUT2D eigenvalue weighted by atomic mass is 10.1. The second-order valence-electron chi connectivity index (χ2n) is 3.59. The van der Waals surface area contributed by atoms with Gasteiger partial charge in [-0.1, -0.05) is 0 Å². The minimum absolute atomic E-state index is 0.137. The maximum atomic E-state index is 11.4. The number of rotatable bonds is 2. The maximum absolute atomic E-state index is 11.4. The van der Waals surface area contributed by atoms with Crippen LogP contribution in [0.5, 0.6) is 5.75 Å². The Morgan fingerprint density at radius 3 is 2.69 bits per heavy atom. The number of Topliss-reactive ketones (excluding diaryl/α,β-unsaturated/α-hetero) is 1. The molecular weight excluding hydrogens is 210 g/mol. The molecule has 0 aliphatic carbocycles. The molecular formula is C11H11NO4. The zero-order valence-electron chi connectivity index (χ0n) is 8.99. The van der Waals surface area contributed by atoms with Crippen LogP contribution in [0.2, 0.25) is 0 Å². The van der Waals surface area contributed by atoms with Crippen LogP contribution in [0.3, 0.4) is 0 Å². The number of hydrogen-bond acceptors (Lipinski definition) is 4. The molecule has 1 N–H and O–H groups in total. The van der Waals surface area contributed by atoms with Crippen molar-refractivity contribution < 1.29 is 19.4 Å². The summed E-state index contributed by atoms with van der Waals surface area (Å²) >= 11 is 0. The number of fused-ring (bicyclic) bond motifs is 1. The van der Waals surface area contributed by atoms with E-state index >= 15 is 0 Å². The SMILES string of the molecule is CC(=O)Nc1cc2c(cc1C(C)=O)OOC2. The molecule has 0 fully saturated rings. The fourth-order valence-corrected chi connectivity index (χ4v) is 1.56. The first-order chi connectivity index (χ1) is 7.58. The summed E-state index contributed by atoms with van der Waals surface area (Å²) in [4.78, 5) is 32.1. The third-order valence-electron chi connectivity index (χ3n) is 2.25. The Hall–Kier alpha value is -1.88. The minimum Gasteiger partial charge on any atom is -0.337 e. The van der Waals surface area contributed by atoms with E-state index in [2.05, 4.69) is 5.32 Å². The lowest BCUT2D eigenvalue weighted by molar-refractivity contribution is -0.194. The lowest BCUT2D eigenvalue weighted by Gasteiger charge is -2.08. The summed E-state index contributed by atoms with van der Waals surface area (Å²) in [5, 5.41) is 2.61. The summed E-state index contributed by atoms with van der Waals surface area (Å²) in [6.45, 7) is 3.15. The van der Waals surface area contributed by atoms with E-state index < -0.39 is 0 Å². The van der Waals surface area contributed by atoms with Crippen LogP contribution in [0.25, 0.3) is 0 Å². The van der Waals surface area contributed by atoms with Gasteiger partial charge in [0.2, 0.25) is 5.91 Å². The van der Waals surface area contributed by atoms with Gasteiger partial charge >= 0.3 is 0 Å². The highest BCUT2D eigenvalue weighted by Crippen LogP contribution is 2.32. The summed E-state index contributed by atoms with van der Waals surface area (Å²) in [5.74, 6) is 0.170. The van der Waals surface area contributed by atoms with E-state index in [0.717, 1.165) is 5.56 Å². The summed E-state index contributed by atoms with van der Waals surface area (Å²) in [5.41, 5.74) is 1.72. The number of ketones is 1. The van der Waals surface area contributed by atoms with Gasteiger partial charge in [-0.2, -0.15) is 4.89 Å². The van der Waals surface area contributed by atoms with E-state index in [1.54, 1.807) is 12.1 Å². The fourth-order valence-electron chi connectivity index (χ4n) is 1.56. The summed E-state index contributed by atoms with van der Waals surface area (Å²) in [7, 11) is 0. The molecule has 0 bridgehead atoms. The van der Waals surface area contributed by atoms with Crippen LogP contribution in [0, 0.1) is 0 Å². The van der Waals surface area contributed by atoms with Crippen LogP contribution in [0.15, 0.2) is 12.1 Å². The Kier molecular flexibility index (Phi) is 2.62. The summed E-state index contributed by atoms with van der Waals surface area (Å²) in [6.07, 6.45) is 0. The van der Waals surface area contributed by atoms with Gasteiger partial charge in [-0.15, -0.1) is 0 Å². The number of amides is 1. The van der Waals surface area contributed by atoms with Crippen molar-refractivity contribution in [3.05, 3.63) is 23.3 Å². The van der Waals surface area contributed by atoms with Crippen LogP contribution >= 0.6 is 0 Å². The van der Waals surface area contributed by atoms with Crippen LogP contribution in [-0.4, -0.2) is 11.7 Å². The first-order valence-corrected chi connectivity index (χ1v) is 4.83. The third kappa shape index (κ3) is 1.90. The highest BCUT2D eigenvalue weighted by atomic mass is 17.2. The molecule has 0 aromatic heterocycles. The second-order valence-corrected chi connectivity index (χ2v) is 3.59. The molecule has 1 heterocycles. The van der Waals surface area contributed by atoms with Crippen molar-refractivity contribution in [3.8, 4) is 5.75 Å². The van der Waals surface area contributed by atoms with E-state index in [0.29, 0.717) is 23.6 Å². The van der Waals surface area contributed by atoms with Gasteiger partial charge < -0.3 is 10.2 Å². The molecule has 1 aliphatic heterocycles. The van der Waals surface area contributed by atoms with Crippen molar-refractivity contribution in [3.63, 3.8) is 0 Å². The molecule has 1 aliphatic rings. The first kappa shape index (κ1) is 10.6. The molecule has 1 aromatic rings. The minimum atomic E-state index is -0.220. The largest absolute Gasteiger partial charge is 0.337 e. The van der Waals surface area contributed by atoms with Gasteiger partial charge in [0, 0.05) is 18.1 Å². The molecule has 5 heteroatoms. The molecule has 0 unspecified atom stereocenters. The highest BCUT2D eigenvalue weighted by Gasteiger charge is 2.19. The van der Waals surface area contributed by atoms with Gasteiger partial charge in [0.25, 0.3) is 0 Å². The molecule has 1 aromatic carbocycles. The molecule has 0 spiro atoms. The van der Waals surface area contributed by atoms with E-state index in [1.165, 1.54) is 13.8 Å². The van der Waals surface area contributed by atoms with Gasteiger partial charge in [0.1, 0.15) is 6.61 Å². The smallest absolute Gasteiger partial charge is 0.221 e. The predicted molar refractivity (Wildman–Crippen MR) is 56.2 cm³/mol. The van der Waals surface area contributed by atoms with Crippen LogP contribution < -0.4 is 10.2 Å². The Labute approximate surface area is 92.3 Å². The Bertz CT molecular complexity index is 467. The predicted octanol–water partition coefficient (Wildman–Crippen LogP) is 1.67. The van der Waals surface area contributed by atoms with Gasteiger partial charge in [-0.05, 0) is 19.1 Å². The second kappa shape index (κ2) is 3.94. The lowest BCUT2D eigenvalue weighted by Crippen LogP contribution is -2.10. The summed E-state index contributed by atoms with van der Waals surface area (Å²) < 4.78 is 0. The van der Waals surface area contributed by atoms with Crippen LogP contribution in [0.4, 0.5) is 5.69 Å². The zero-order valence-corrected chi connectivity index (χ0v) is 8.99. The van der Waals surface area contributed by atoms with Crippen molar-refractivity contribution in [2.45, 2.75) is 20.5 Å². The quantitative estimate of drug-likeness (QED) is 0.609. The van der Waals surface area contributed by atoms with Crippen LogP contribution in [-0.2, 0) is 16.3 Å². The van der Waals surface area contributed by atoms with E-state index in [-0.39, 0.29) is 11.7 Å². The number of carbonyl (C=O) groups is 2. The van der Waals surface area contributed by atoms with Gasteiger partial charge in [0.15, 0.2) is 11.5 Å². The molecule has 1 amide bonds. The normalized spacial score (nSPS) is 12.9. The van der Waals surface area contributed by atoms with Gasteiger partial charge in [-0.3, -0.25) is 9.59 Å². The molecule has 5 nitrogen and oxygen atoms in total.